The van der Waals surface area contributed by atoms with Crippen molar-refractivity contribution in [1.82, 2.24) is 15.2 Å². The largest absolute Gasteiger partial charge is 0.419 e. The number of aromatic nitrogens is 3. The first-order valence-electron chi connectivity index (χ1n) is 7.49. The van der Waals surface area contributed by atoms with Gasteiger partial charge in [-0.2, -0.15) is 0 Å². The van der Waals surface area contributed by atoms with Crippen LogP contribution in [0.4, 0.5) is 5.69 Å². The van der Waals surface area contributed by atoms with Gasteiger partial charge in [-0.3, -0.25) is 4.72 Å². The Labute approximate surface area is 140 Å². The molecule has 2 aromatic heterocycles. The molecule has 0 spiro atoms. The number of hydrogen-bond acceptors (Lipinski definition) is 5. The number of hydrogen-bond donors (Lipinski definition) is 2. The lowest BCUT2D eigenvalue weighted by atomic mass is 10.1. The molecule has 3 rings (SSSR count). The predicted molar refractivity (Wildman–Crippen MR) is 90.2 cm³/mol. The zero-order valence-corrected chi connectivity index (χ0v) is 14.4. The molecule has 24 heavy (non-hydrogen) atoms. The van der Waals surface area contributed by atoms with Crippen LogP contribution in [0, 0.1) is 13.8 Å². The van der Waals surface area contributed by atoms with Crippen molar-refractivity contribution in [3.05, 3.63) is 47.5 Å². The Morgan fingerprint density at radius 2 is 1.83 bits per heavy atom. The van der Waals surface area contributed by atoms with Crippen LogP contribution in [-0.4, -0.2) is 23.6 Å². The summed E-state index contributed by atoms with van der Waals surface area (Å²) < 4.78 is 33.1. The highest BCUT2D eigenvalue weighted by Gasteiger charge is 2.19. The molecule has 0 radical (unpaired) electrons. The Morgan fingerprint density at radius 3 is 2.46 bits per heavy atom. The standard InChI is InChI=1S/C16H18N4O3S/c1-4-15-18-19-16(23-15)14-8-13(9-17-14)24(21,22)20-12-6-10(2)5-11(3)7-12/h5-9,17,20H,4H2,1-3H3. The highest BCUT2D eigenvalue weighted by Crippen LogP contribution is 2.23. The molecule has 3 aromatic rings. The van der Waals surface area contributed by atoms with E-state index < -0.39 is 10.0 Å². The fourth-order valence-electron chi connectivity index (χ4n) is 2.41. The quantitative estimate of drug-likeness (QED) is 0.739. The topological polar surface area (TPSA) is 101 Å². The molecule has 0 saturated carbocycles. The number of rotatable bonds is 5. The zero-order valence-electron chi connectivity index (χ0n) is 13.6. The Morgan fingerprint density at radius 1 is 1.12 bits per heavy atom. The van der Waals surface area contributed by atoms with E-state index in [1.807, 2.05) is 26.8 Å². The Balaban J connectivity index is 1.87. The maximum absolute atomic E-state index is 12.5. The normalized spacial score (nSPS) is 11.6. The van der Waals surface area contributed by atoms with E-state index in [9.17, 15) is 8.42 Å². The van der Waals surface area contributed by atoms with Gasteiger partial charge in [-0.15, -0.1) is 10.2 Å². The molecule has 0 aliphatic carbocycles. The van der Waals surface area contributed by atoms with E-state index in [-0.39, 0.29) is 10.8 Å². The summed E-state index contributed by atoms with van der Waals surface area (Å²) in [6.07, 6.45) is 2.02. The molecule has 0 aliphatic rings. The van der Waals surface area contributed by atoms with Crippen molar-refractivity contribution < 1.29 is 12.8 Å². The SMILES string of the molecule is CCc1nnc(-c2cc(S(=O)(=O)Nc3cc(C)cc(C)c3)c[nH]2)o1. The van der Waals surface area contributed by atoms with Crippen molar-refractivity contribution in [2.45, 2.75) is 32.1 Å². The van der Waals surface area contributed by atoms with E-state index in [2.05, 4.69) is 19.9 Å². The number of nitrogens with zero attached hydrogens (tertiary/aromatic N) is 2. The summed E-state index contributed by atoms with van der Waals surface area (Å²) in [4.78, 5) is 2.96. The van der Waals surface area contributed by atoms with Crippen LogP contribution in [0.1, 0.15) is 23.9 Å². The number of sulfonamides is 1. The van der Waals surface area contributed by atoms with Gasteiger partial charge in [-0.25, -0.2) is 8.42 Å². The van der Waals surface area contributed by atoms with Gasteiger partial charge in [0.15, 0.2) is 0 Å². The van der Waals surface area contributed by atoms with Gasteiger partial charge in [0.2, 0.25) is 5.89 Å². The average molecular weight is 346 g/mol. The van der Waals surface area contributed by atoms with Gasteiger partial charge in [-0.1, -0.05) is 13.0 Å². The lowest BCUT2D eigenvalue weighted by molar-refractivity contribution is 0.511. The van der Waals surface area contributed by atoms with Gasteiger partial charge >= 0.3 is 0 Å². The third kappa shape index (κ3) is 3.33. The highest BCUT2D eigenvalue weighted by atomic mass is 32.2. The first-order valence-corrected chi connectivity index (χ1v) is 8.98. The lowest BCUT2D eigenvalue weighted by Gasteiger charge is -2.08. The zero-order chi connectivity index (χ0) is 17.3. The van der Waals surface area contributed by atoms with E-state index in [1.165, 1.54) is 12.3 Å². The molecule has 0 atom stereocenters. The molecule has 7 nitrogen and oxygen atoms in total. The van der Waals surface area contributed by atoms with Crippen LogP contribution in [0.5, 0.6) is 0 Å². The summed E-state index contributed by atoms with van der Waals surface area (Å²) in [6, 6.07) is 7.01. The van der Waals surface area contributed by atoms with E-state index in [0.717, 1.165) is 11.1 Å². The van der Waals surface area contributed by atoms with E-state index in [4.69, 9.17) is 4.42 Å². The molecule has 2 heterocycles. The monoisotopic (exact) mass is 346 g/mol. The average Bonchev–Trinajstić information content (AvgIpc) is 3.15. The smallest absolute Gasteiger partial charge is 0.264 e. The molecule has 0 unspecified atom stereocenters. The minimum atomic E-state index is -3.70. The molecule has 126 valence electrons. The molecule has 0 amide bonds. The van der Waals surface area contributed by atoms with E-state index in [1.54, 1.807) is 12.1 Å². The maximum atomic E-state index is 12.5. The summed E-state index contributed by atoms with van der Waals surface area (Å²) >= 11 is 0. The third-order valence-electron chi connectivity index (χ3n) is 3.44. The van der Waals surface area contributed by atoms with Gasteiger partial charge in [0.05, 0.1) is 0 Å². The van der Waals surface area contributed by atoms with Crippen LogP contribution in [-0.2, 0) is 16.4 Å². The maximum Gasteiger partial charge on any atom is 0.264 e. The summed E-state index contributed by atoms with van der Waals surface area (Å²) in [5.41, 5.74) is 2.96. The van der Waals surface area contributed by atoms with Crippen LogP contribution in [0.15, 0.2) is 39.8 Å². The predicted octanol–water partition coefficient (Wildman–Crippen LogP) is 3.04. The summed E-state index contributed by atoms with van der Waals surface area (Å²) in [5, 5.41) is 7.76. The van der Waals surface area contributed by atoms with E-state index >= 15 is 0 Å². The second kappa shape index (κ2) is 6.12. The molecule has 0 bridgehead atoms. The molecule has 0 aliphatic heterocycles. The van der Waals surface area contributed by atoms with Crippen molar-refractivity contribution >= 4 is 15.7 Å². The summed E-state index contributed by atoms with van der Waals surface area (Å²) in [5.74, 6) is 0.761. The second-order valence-corrected chi connectivity index (χ2v) is 7.27. The Bertz CT molecular complexity index is 953. The van der Waals surface area contributed by atoms with Crippen LogP contribution in [0.2, 0.25) is 0 Å². The molecule has 8 heteroatoms. The number of H-pyrrole nitrogens is 1. The summed E-state index contributed by atoms with van der Waals surface area (Å²) in [6.45, 7) is 5.73. The molecule has 1 aromatic carbocycles. The second-order valence-electron chi connectivity index (χ2n) is 5.59. The van der Waals surface area contributed by atoms with Crippen molar-refractivity contribution in [2.24, 2.45) is 0 Å². The van der Waals surface area contributed by atoms with Crippen molar-refractivity contribution in [3.63, 3.8) is 0 Å². The van der Waals surface area contributed by atoms with Crippen LogP contribution >= 0.6 is 0 Å². The van der Waals surface area contributed by atoms with E-state index in [0.29, 0.717) is 23.7 Å². The molecule has 2 N–H and O–H groups in total. The minimum absolute atomic E-state index is 0.105. The third-order valence-corrected chi connectivity index (χ3v) is 4.80. The first-order chi connectivity index (χ1) is 11.4. The van der Waals surface area contributed by atoms with Crippen LogP contribution in [0.25, 0.3) is 11.6 Å². The van der Waals surface area contributed by atoms with Gasteiger partial charge in [0.1, 0.15) is 10.6 Å². The van der Waals surface area contributed by atoms with Crippen molar-refractivity contribution in [3.8, 4) is 11.6 Å². The lowest BCUT2D eigenvalue weighted by Crippen LogP contribution is -2.12. The van der Waals surface area contributed by atoms with Crippen LogP contribution < -0.4 is 4.72 Å². The minimum Gasteiger partial charge on any atom is -0.419 e. The van der Waals surface area contributed by atoms with Gasteiger partial charge in [-0.05, 0) is 43.2 Å². The van der Waals surface area contributed by atoms with Gasteiger partial charge < -0.3 is 9.40 Å². The Kier molecular flexibility index (Phi) is 4.15. The molecule has 0 saturated heterocycles. The number of aromatic amines is 1. The van der Waals surface area contributed by atoms with Crippen molar-refractivity contribution in [2.75, 3.05) is 4.72 Å². The van der Waals surface area contributed by atoms with Gasteiger partial charge in [0.25, 0.3) is 15.9 Å². The fourth-order valence-corrected chi connectivity index (χ4v) is 3.44. The molecule has 0 fully saturated rings. The molecular weight excluding hydrogens is 328 g/mol. The van der Waals surface area contributed by atoms with Crippen LogP contribution in [0.3, 0.4) is 0 Å². The highest BCUT2D eigenvalue weighted by molar-refractivity contribution is 7.92. The number of nitrogens with one attached hydrogen (secondary N) is 2. The first kappa shape index (κ1) is 16.3. The Hall–Kier alpha value is -2.61. The number of anilines is 1. The summed E-state index contributed by atoms with van der Waals surface area (Å²) in [7, 11) is -3.70. The van der Waals surface area contributed by atoms with Crippen molar-refractivity contribution in [1.29, 1.82) is 0 Å². The fraction of sp³-hybridized carbons (Fsp3) is 0.250. The molecular formula is C16H18N4O3S. The number of benzene rings is 1. The number of aryl methyl sites for hydroxylation is 3. The van der Waals surface area contributed by atoms with Gasteiger partial charge in [0, 0.05) is 18.3 Å².